The predicted octanol–water partition coefficient (Wildman–Crippen LogP) is 5.88. The lowest BCUT2D eigenvalue weighted by Gasteiger charge is -2.16. The molecule has 178 valence electrons. The molecule has 2 heterocycles. The van der Waals surface area contributed by atoms with E-state index in [4.69, 9.17) is 19.2 Å². The molecule has 0 fully saturated rings. The summed E-state index contributed by atoms with van der Waals surface area (Å²) in [4.78, 5) is 31.2. The van der Waals surface area contributed by atoms with Crippen molar-refractivity contribution < 1.29 is 23.8 Å². The smallest absolute Gasteiger partial charge is 0.339 e. The van der Waals surface area contributed by atoms with E-state index in [1.165, 1.54) is 0 Å². The van der Waals surface area contributed by atoms with Crippen LogP contribution in [0.2, 0.25) is 0 Å². The van der Waals surface area contributed by atoms with E-state index in [9.17, 15) is 9.59 Å². The fourth-order valence-corrected chi connectivity index (χ4v) is 4.83. The summed E-state index contributed by atoms with van der Waals surface area (Å²) in [5.41, 5.74) is 5.36. The first kappa shape index (κ1) is 22.0. The highest BCUT2D eigenvalue weighted by Gasteiger charge is 2.29. The number of rotatable bonds is 5. The van der Waals surface area contributed by atoms with Crippen molar-refractivity contribution in [3.05, 3.63) is 101 Å². The van der Waals surface area contributed by atoms with Crippen LogP contribution in [0.3, 0.4) is 0 Å². The van der Waals surface area contributed by atoms with Crippen molar-refractivity contribution in [2.24, 2.45) is 0 Å². The van der Waals surface area contributed by atoms with E-state index in [0.29, 0.717) is 23.1 Å². The summed E-state index contributed by atoms with van der Waals surface area (Å²) in [7, 11) is 0. The van der Waals surface area contributed by atoms with Crippen LogP contribution in [-0.2, 0) is 11.2 Å². The van der Waals surface area contributed by atoms with Gasteiger partial charge in [-0.1, -0.05) is 54.6 Å². The van der Waals surface area contributed by atoms with Gasteiger partial charge in [-0.3, -0.25) is 4.79 Å². The molecule has 6 nitrogen and oxygen atoms in total. The van der Waals surface area contributed by atoms with Gasteiger partial charge in [-0.25, -0.2) is 9.78 Å². The first-order valence-corrected chi connectivity index (χ1v) is 11.9. The van der Waals surface area contributed by atoms with Gasteiger partial charge in [0.2, 0.25) is 12.6 Å². The maximum Gasteiger partial charge on any atom is 0.339 e. The van der Waals surface area contributed by atoms with Crippen molar-refractivity contribution in [1.29, 1.82) is 0 Å². The molecule has 0 saturated heterocycles. The Morgan fingerprint density at radius 3 is 2.58 bits per heavy atom. The van der Waals surface area contributed by atoms with Gasteiger partial charge >= 0.3 is 5.97 Å². The van der Waals surface area contributed by atoms with Crippen molar-refractivity contribution in [3.8, 4) is 11.5 Å². The van der Waals surface area contributed by atoms with Crippen molar-refractivity contribution in [2.45, 2.75) is 25.9 Å². The Labute approximate surface area is 208 Å². The van der Waals surface area contributed by atoms with Crippen LogP contribution in [0.1, 0.15) is 50.9 Å². The highest BCUT2D eigenvalue weighted by molar-refractivity contribution is 6.08. The van der Waals surface area contributed by atoms with Crippen molar-refractivity contribution in [1.82, 2.24) is 4.98 Å². The van der Waals surface area contributed by atoms with Gasteiger partial charge in [0.25, 0.3) is 0 Å². The molecule has 2 aliphatic rings. The minimum atomic E-state index is -0.910. The number of nitrogens with zero attached hydrogens (tertiary/aromatic N) is 1. The first-order valence-electron chi connectivity index (χ1n) is 11.9. The Bertz CT molecular complexity index is 1540. The number of carbonyl (C=O) groups is 2. The Morgan fingerprint density at radius 2 is 1.72 bits per heavy atom. The number of esters is 1. The largest absolute Gasteiger partial charge is 0.454 e. The third kappa shape index (κ3) is 3.90. The standard InChI is InChI=1S/C30H23NO5/c1-18(29(32)20-7-3-2-4-8-20)36-30(33)27-22-9-5-6-10-24(22)31-28-21(12-13-23(27)28)15-19-11-14-25-26(16-19)35-17-34-25/h2-11,14-16,18H,12-13,17H2,1H3. The number of carbonyl (C=O) groups excluding carboxylic acids is 2. The third-order valence-electron chi connectivity index (χ3n) is 6.59. The molecular weight excluding hydrogens is 454 g/mol. The second kappa shape index (κ2) is 8.96. The number of aromatic nitrogens is 1. The van der Waals surface area contributed by atoms with Crippen LogP contribution >= 0.6 is 0 Å². The van der Waals surface area contributed by atoms with E-state index in [1.54, 1.807) is 31.2 Å². The Morgan fingerprint density at radius 1 is 0.944 bits per heavy atom. The summed E-state index contributed by atoms with van der Waals surface area (Å²) >= 11 is 0. The Kier molecular flexibility index (Phi) is 5.49. The van der Waals surface area contributed by atoms with E-state index in [2.05, 4.69) is 6.08 Å². The van der Waals surface area contributed by atoms with Gasteiger partial charge in [-0.2, -0.15) is 0 Å². The van der Waals surface area contributed by atoms with Crippen molar-refractivity contribution in [2.75, 3.05) is 6.79 Å². The van der Waals surface area contributed by atoms with Crippen molar-refractivity contribution in [3.63, 3.8) is 0 Å². The monoisotopic (exact) mass is 477 g/mol. The molecule has 1 aliphatic heterocycles. The predicted molar refractivity (Wildman–Crippen MR) is 136 cm³/mol. The topological polar surface area (TPSA) is 74.7 Å². The van der Waals surface area contributed by atoms with Gasteiger partial charge < -0.3 is 14.2 Å². The zero-order valence-electron chi connectivity index (χ0n) is 19.7. The summed E-state index contributed by atoms with van der Waals surface area (Å²) in [5.74, 6) is 0.709. The lowest BCUT2D eigenvalue weighted by atomic mass is 10.0. The number of hydrogen-bond acceptors (Lipinski definition) is 6. The minimum absolute atomic E-state index is 0.225. The number of pyridine rings is 1. The number of ketones is 1. The molecule has 4 aromatic rings. The van der Waals surface area contributed by atoms with E-state index in [-0.39, 0.29) is 12.6 Å². The highest BCUT2D eigenvalue weighted by Crippen LogP contribution is 2.39. The van der Waals surface area contributed by atoms with Gasteiger partial charge in [0.05, 0.1) is 16.8 Å². The van der Waals surface area contributed by atoms with Crippen LogP contribution in [0.4, 0.5) is 0 Å². The molecule has 1 aromatic heterocycles. The first-order chi connectivity index (χ1) is 17.6. The van der Waals surface area contributed by atoms with E-state index < -0.39 is 12.1 Å². The molecule has 0 saturated carbocycles. The van der Waals surface area contributed by atoms with E-state index >= 15 is 0 Å². The third-order valence-corrected chi connectivity index (χ3v) is 6.59. The van der Waals surface area contributed by atoms with E-state index in [1.807, 2.05) is 48.5 Å². The van der Waals surface area contributed by atoms with Crippen LogP contribution in [-0.4, -0.2) is 29.6 Å². The van der Waals surface area contributed by atoms with Crippen LogP contribution in [0, 0.1) is 0 Å². The second-order valence-corrected chi connectivity index (χ2v) is 8.89. The van der Waals surface area contributed by atoms with Gasteiger partial charge in [0.1, 0.15) is 0 Å². The van der Waals surface area contributed by atoms with Crippen LogP contribution in [0.15, 0.2) is 72.8 Å². The van der Waals surface area contributed by atoms with E-state index in [0.717, 1.165) is 45.7 Å². The fraction of sp³-hybridized carbons (Fsp3) is 0.167. The molecule has 1 aliphatic carbocycles. The molecule has 0 amide bonds. The molecular formula is C30H23NO5. The quantitative estimate of drug-likeness (QED) is 0.264. The molecule has 0 N–H and O–H groups in total. The molecule has 1 unspecified atom stereocenters. The Hall–Kier alpha value is -4.45. The molecule has 6 rings (SSSR count). The number of ether oxygens (including phenoxy) is 3. The fourth-order valence-electron chi connectivity index (χ4n) is 4.83. The molecule has 0 spiro atoms. The zero-order valence-corrected chi connectivity index (χ0v) is 19.7. The minimum Gasteiger partial charge on any atom is -0.454 e. The summed E-state index contributed by atoms with van der Waals surface area (Å²) in [6.45, 7) is 1.84. The summed E-state index contributed by atoms with van der Waals surface area (Å²) in [6.07, 6.45) is 2.57. The highest BCUT2D eigenvalue weighted by atomic mass is 16.7. The average molecular weight is 478 g/mol. The lowest BCUT2D eigenvalue weighted by Crippen LogP contribution is -2.25. The molecule has 6 heteroatoms. The SMILES string of the molecule is CC(OC(=O)c1c2c(nc3ccccc13)C(=Cc1ccc3c(c1)OCO3)CC2)C(=O)c1ccccc1. The molecule has 36 heavy (non-hydrogen) atoms. The molecule has 3 aromatic carbocycles. The van der Waals surface area contributed by atoms with Crippen LogP contribution in [0.5, 0.6) is 11.5 Å². The summed E-state index contributed by atoms with van der Waals surface area (Å²) in [5, 5.41) is 0.727. The van der Waals surface area contributed by atoms with Gasteiger partial charge in [0, 0.05) is 10.9 Å². The maximum absolute atomic E-state index is 13.5. The summed E-state index contributed by atoms with van der Waals surface area (Å²) in [6, 6.07) is 22.2. The number of benzene rings is 3. The van der Waals surface area contributed by atoms with Gasteiger partial charge in [-0.05, 0) is 60.7 Å². The number of hydrogen-bond donors (Lipinski definition) is 0. The second-order valence-electron chi connectivity index (χ2n) is 8.89. The van der Waals surface area contributed by atoms with Crippen LogP contribution < -0.4 is 9.47 Å². The number of fused-ring (bicyclic) bond motifs is 3. The lowest BCUT2D eigenvalue weighted by molar-refractivity contribution is 0.0319. The number of allylic oxidation sites excluding steroid dienone is 1. The van der Waals surface area contributed by atoms with Crippen LogP contribution in [0.25, 0.3) is 22.6 Å². The maximum atomic E-state index is 13.5. The molecule has 0 radical (unpaired) electrons. The zero-order chi connectivity index (χ0) is 24.6. The number of para-hydroxylation sites is 1. The van der Waals surface area contributed by atoms with Crippen molar-refractivity contribution >= 4 is 34.3 Å². The van der Waals surface area contributed by atoms with Gasteiger partial charge in [0.15, 0.2) is 17.6 Å². The molecule has 0 bridgehead atoms. The normalized spacial score (nSPS) is 15.6. The molecule has 1 atom stereocenters. The average Bonchev–Trinajstić information content (AvgIpc) is 3.54. The number of Topliss-reactive ketones (excluding diaryl/α,β-unsaturated/α-hetero) is 1. The Balaban J connectivity index is 1.37. The summed E-state index contributed by atoms with van der Waals surface area (Å²) < 4.78 is 16.7. The van der Waals surface area contributed by atoms with Gasteiger partial charge in [-0.15, -0.1) is 0 Å².